The van der Waals surface area contributed by atoms with Gasteiger partial charge < -0.3 is 21.3 Å². The number of hydrogen-bond acceptors (Lipinski definition) is 8. The molecular formula is C19H33N5O4. The smallest absolute Gasteiger partial charge is 0.234 e. The molecule has 0 fully saturated rings. The summed E-state index contributed by atoms with van der Waals surface area (Å²) in [6.45, 7) is 14.4. The highest BCUT2D eigenvalue weighted by Crippen LogP contribution is 2.09. The quantitative estimate of drug-likeness (QED) is 0.280. The van der Waals surface area contributed by atoms with Crippen molar-refractivity contribution in [2.45, 2.75) is 33.2 Å². The lowest BCUT2D eigenvalue weighted by Crippen LogP contribution is -2.52. The van der Waals surface area contributed by atoms with E-state index >= 15 is 0 Å². The molecule has 9 nitrogen and oxygen atoms in total. The highest BCUT2D eigenvalue weighted by molar-refractivity contribution is 5.90. The van der Waals surface area contributed by atoms with E-state index in [9.17, 15) is 19.2 Å². The van der Waals surface area contributed by atoms with Gasteiger partial charge in [-0.2, -0.15) is 0 Å². The number of hydrogen-bond donors (Lipinski definition) is 4. The molecule has 0 rings (SSSR count). The van der Waals surface area contributed by atoms with Crippen LogP contribution in [0.1, 0.15) is 27.7 Å². The van der Waals surface area contributed by atoms with E-state index < -0.39 is 5.54 Å². The lowest BCUT2D eigenvalue weighted by Gasteiger charge is -2.31. The molecule has 0 radical (unpaired) electrons. The van der Waals surface area contributed by atoms with Gasteiger partial charge in [-0.15, -0.1) is 0 Å². The predicted octanol–water partition coefficient (Wildman–Crippen LogP) is -0.904. The summed E-state index contributed by atoms with van der Waals surface area (Å²) in [5, 5.41) is 8.53. The van der Waals surface area contributed by atoms with E-state index in [0.717, 1.165) is 0 Å². The normalized spacial score (nSPS) is 10.8. The van der Waals surface area contributed by atoms with Crippen molar-refractivity contribution < 1.29 is 19.2 Å². The standard InChI is InChI=1S/C19H33N5O4/c1-13(21-10-15(3)25)8-23-19(5,6)17(27)12-24(11-16(4)26)14(2)9-22-18(28)7-20/h21,23H,1-2,7-12,20H2,3-6H3,(H,22,28). The van der Waals surface area contributed by atoms with Crippen molar-refractivity contribution in [3.05, 3.63) is 24.6 Å². The number of rotatable bonds is 15. The summed E-state index contributed by atoms with van der Waals surface area (Å²) < 4.78 is 0. The molecule has 28 heavy (non-hydrogen) atoms. The van der Waals surface area contributed by atoms with Crippen molar-refractivity contribution >= 4 is 23.3 Å². The third-order valence-electron chi connectivity index (χ3n) is 3.90. The average molecular weight is 396 g/mol. The molecule has 0 aromatic rings. The number of amides is 1. The topological polar surface area (TPSA) is 134 Å². The fourth-order valence-electron chi connectivity index (χ4n) is 2.04. The molecule has 0 spiro atoms. The van der Waals surface area contributed by atoms with Crippen LogP contribution in [-0.4, -0.2) is 73.0 Å². The van der Waals surface area contributed by atoms with Gasteiger partial charge >= 0.3 is 0 Å². The highest BCUT2D eigenvalue weighted by Gasteiger charge is 2.29. The molecule has 0 aliphatic rings. The number of nitrogens with two attached hydrogens (primary N) is 1. The van der Waals surface area contributed by atoms with Crippen LogP contribution in [0, 0.1) is 0 Å². The van der Waals surface area contributed by atoms with E-state index in [1.165, 1.54) is 18.7 Å². The molecule has 1 amide bonds. The van der Waals surface area contributed by atoms with Gasteiger partial charge in [-0.05, 0) is 27.7 Å². The van der Waals surface area contributed by atoms with Crippen molar-refractivity contribution in [3.8, 4) is 0 Å². The van der Waals surface area contributed by atoms with Gasteiger partial charge in [0.1, 0.15) is 11.6 Å². The molecule has 0 aromatic heterocycles. The first-order chi connectivity index (χ1) is 12.9. The van der Waals surface area contributed by atoms with Gasteiger partial charge in [0.2, 0.25) is 5.91 Å². The largest absolute Gasteiger partial charge is 0.381 e. The molecule has 0 aromatic carbocycles. The number of nitrogens with one attached hydrogen (secondary N) is 3. The van der Waals surface area contributed by atoms with Crippen LogP contribution in [0.2, 0.25) is 0 Å². The zero-order valence-electron chi connectivity index (χ0n) is 17.3. The van der Waals surface area contributed by atoms with Gasteiger partial charge in [0.05, 0.1) is 38.3 Å². The summed E-state index contributed by atoms with van der Waals surface area (Å²) in [4.78, 5) is 48.2. The Balaban J connectivity index is 4.86. The van der Waals surface area contributed by atoms with Crippen LogP contribution in [0.5, 0.6) is 0 Å². The second-order valence-corrected chi connectivity index (χ2v) is 7.17. The van der Waals surface area contributed by atoms with Gasteiger partial charge in [0.25, 0.3) is 0 Å². The summed E-state index contributed by atoms with van der Waals surface area (Å²) in [6.07, 6.45) is 0. The third kappa shape index (κ3) is 10.6. The SMILES string of the molecule is C=C(CNC(C)(C)C(=O)CN(CC(C)=O)C(=C)CNC(=O)CN)NCC(C)=O. The van der Waals surface area contributed by atoms with Crippen LogP contribution in [0.3, 0.4) is 0 Å². The minimum Gasteiger partial charge on any atom is -0.381 e. The molecule has 0 bridgehead atoms. The Hall–Kier alpha value is -2.52. The number of Topliss-reactive ketones (excluding diaryl/α,β-unsaturated/α-hetero) is 3. The Morgan fingerprint density at radius 2 is 1.54 bits per heavy atom. The third-order valence-corrected chi connectivity index (χ3v) is 3.90. The molecule has 0 aliphatic carbocycles. The first kappa shape index (κ1) is 25.5. The molecule has 0 saturated heterocycles. The van der Waals surface area contributed by atoms with Crippen LogP contribution in [0.4, 0.5) is 0 Å². The van der Waals surface area contributed by atoms with E-state index in [2.05, 4.69) is 29.1 Å². The first-order valence-corrected chi connectivity index (χ1v) is 8.97. The van der Waals surface area contributed by atoms with Crippen molar-refractivity contribution in [1.82, 2.24) is 20.9 Å². The average Bonchev–Trinajstić information content (AvgIpc) is 2.61. The zero-order valence-corrected chi connectivity index (χ0v) is 17.3. The van der Waals surface area contributed by atoms with E-state index in [4.69, 9.17) is 5.73 Å². The van der Waals surface area contributed by atoms with E-state index in [-0.39, 0.29) is 56.0 Å². The van der Waals surface area contributed by atoms with Crippen molar-refractivity contribution in [2.24, 2.45) is 5.73 Å². The van der Waals surface area contributed by atoms with Crippen LogP contribution < -0.4 is 21.7 Å². The Bertz CT molecular complexity index is 628. The van der Waals surface area contributed by atoms with Crippen molar-refractivity contribution in [2.75, 3.05) is 39.3 Å². The molecule has 0 aliphatic heterocycles. The zero-order chi connectivity index (χ0) is 21.9. The van der Waals surface area contributed by atoms with Crippen LogP contribution in [0.15, 0.2) is 24.6 Å². The number of carbonyl (C=O) groups excluding carboxylic acids is 4. The monoisotopic (exact) mass is 395 g/mol. The number of carbonyl (C=O) groups is 4. The van der Waals surface area contributed by atoms with Crippen molar-refractivity contribution in [3.63, 3.8) is 0 Å². The Labute approximate surface area is 166 Å². The molecule has 5 N–H and O–H groups in total. The van der Waals surface area contributed by atoms with Crippen molar-refractivity contribution in [1.29, 1.82) is 0 Å². The van der Waals surface area contributed by atoms with Crippen LogP contribution in [-0.2, 0) is 19.2 Å². The second kappa shape index (κ2) is 12.0. The lowest BCUT2D eigenvalue weighted by molar-refractivity contribution is -0.125. The fourth-order valence-corrected chi connectivity index (χ4v) is 2.04. The molecule has 9 heteroatoms. The molecular weight excluding hydrogens is 362 g/mol. The lowest BCUT2D eigenvalue weighted by atomic mass is 9.98. The Morgan fingerprint density at radius 1 is 0.929 bits per heavy atom. The molecule has 0 heterocycles. The highest BCUT2D eigenvalue weighted by atomic mass is 16.2. The molecule has 0 saturated carbocycles. The van der Waals surface area contributed by atoms with Gasteiger partial charge in [-0.3, -0.25) is 24.5 Å². The molecule has 158 valence electrons. The minimum atomic E-state index is -0.906. The maximum atomic E-state index is 12.8. The summed E-state index contributed by atoms with van der Waals surface area (Å²) >= 11 is 0. The Kier molecular flexibility index (Phi) is 11.0. The van der Waals surface area contributed by atoms with E-state index in [1.807, 2.05) is 0 Å². The predicted molar refractivity (Wildman–Crippen MR) is 108 cm³/mol. The maximum absolute atomic E-state index is 12.8. The van der Waals surface area contributed by atoms with Gasteiger partial charge in [0.15, 0.2) is 5.78 Å². The van der Waals surface area contributed by atoms with Gasteiger partial charge in [-0.1, -0.05) is 13.2 Å². The Morgan fingerprint density at radius 3 is 2.04 bits per heavy atom. The van der Waals surface area contributed by atoms with Crippen LogP contribution in [0.25, 0.3) is 0 Å². The summed E-state index contributed by atoms with van der Waals surface area (Å²) in [7, 11) is 0. The second-order valence-electron chi connectivity index (χ2n) is 7.17. The van der Waals surface area contributed by atoms with Gasteiger partial charge in [-0.25, -0.2) is 0 Å². The van der Waals surface area contributed by atoms with Gasteiger partial charge in [0, 0.05) is 17.9 Å². The first-order valence-electron chi connectivity index (χ1n) is 8.97. The minimum absolute atomic E-state index is 0.00598. The summed E-state index contributed by atoms with van der Waals surface area (Å²) in [5.41, 5.74) is 5.37. The molecule has 0 unspecified atom stereocenters. The van der Waals surface area contributed by atoms with E-state index in [1.54, 1.807) is 13.8 Å². The maximum Gasteiger partial charge on any atom is 0.234 e. The summed E-state index contributed by atoms with van der Waals surface area (Å²) in [6, 6.07) is 0. The number of ketones is 3. The van der Waals surface area contributed by atoms with E-state index in [0.29, 0.717) is 17.9 Å². The number of nitrogens with zero attached hydrogens (tertiary/aromatic N) is 1. The van der Waals surface area contributed by atoms with Crippen LogP contribution >= 0.6 is 0 Å². The summed E-state index contributed by atoms with van der Waals surface area (Å²) in [5.74, 6) is -0.670. The molecule has 0 atom stereocenters. The fraction of sp³-hybridized carbons (Fsp3) is 0.579.